The van der Waals surface area contributed by atoms with E-state index in [2.05, 4.69) is 17.6 Å². The third-order valence-electron chi connectivity index (χ3n) is 9.58. The van der Waals surface area contributed by atoms with Gasteiger partial charge >= 0.3 is 0 Å². The lowest BCUT2D eigenvalue weighted by atomic mass is 9.74. The number of carbonyl (C=O) groups excluding carboxylic acids is 3. The summed E-state index contributed by atoms with van der Waals surface area (Å²) in [6.07, 6.45) is 12.7. The van der Waals surface area contributed by atoms with Crippen molar-refractivity contribution in [3.63, 3.8) is 0 Å². The second kappa shape index (κ2) is 10.0. The van der Waals surface area contributed by atoms with Gasteiger partial charge in [-0.1, -0.05) is 57.2 Å². The smallest absolute Gasteiger partial charge is 0.246 e. The highest BCUT2D eigenvalue weighted by atomic mass is 16.5. The molecule has 3 aliphatic heterocycles. The molecular weight excluding hydrogens is 482 g/mol. The molecule has 0 aromatic heterocycles. The van der Waals surface area contributed by atoms with Crippen LogP contribution >= 0.6 is 0 Å². The number of hydrogen-bond acceptors (Lipinski definition) is 5. The largest absolute Gasteiger partial charge is 0.497 e. The zero-order valence-electron chi connectivity index (χ0n) is 22.4. The number of nitrogens with zero attached hydrogens (tertiary/aromatic N) is 1. The Morgan fingerprint density at radius 3 is 2.58 bits per heavy atom. The fraction of sp³-hybridized carbons (Fsp3) is 0.633. The molecule has 2 saturated heterocycles. The van der Waals surface area contributed by atoms with Crippen molar-refractivity contribution >= 4 is 23.4 Å². The molecule has 3 heterocycles. The number of ether oxygens (including phenoxy) is 2. The number of amides is 3. The molecule has 8 nitrogen and oxygen atoms in total. The number of likely N-dealkylation sites (tertiary alicyclic amines) is 1. The number of anilines is 1. The zero-order valence-corrected chi connectivity index (χ0v) is 22.4. The van der Waals surface area contributed by atoms with Gasteiger partial charge in [-0.15, -0.1) is 0 Å². The van der Waals surface area contributed by atoms with E-state index in [1.54, 1.807) is 19.2 Å². The van der Waals surface area contributed by atoms with Crippen molar-refractivity contribution in [1.29, 1.82) is 0 Å². The maximum atomic E-state index is 14.3. The Labute approximate surface area is 224 Å². The maximum absolute atomic E-state index is 14.3. The van der Waals surface area contributed by atoms with Crippen molar-refractivity contribution < 1.29 is 23.9 Å². The van der Waals surface area contributed by atoms with Crippen LogP contribution in [-0.2, 0) is 19.1 Å². The maximum Gasteiger partial charge on any atom is 0.246 e. The number of rotatable bonds is 6. The third-order valence-corrected chi connectivity index (χ3v) is 9.58. The minimum absolute atomic E-state index is 0.0310. The van der Waals surface area contributed by atoms with E-state index in [4.69, 9.17) is 9.47 Å². The number of benzene rings is 1. The van der Waals surface area contributed by atoms with E-state index >= 15 is 0 Å². The summed E-state index contributed by atoms with van der Waals surface area (Å²) in [6, 6.07) is 6.51. The van der Waals surface area contributed by atoms with Crippen LogP contribution < -0.4 is 15.4 Å². The third kappa shape index (κ3) is 4.12. The summed E-state index contributed by atoms with van der Waals surface area (Å²) in [5.74, 6) is -1.02. The molecule has 2 bridgehead atoms. The predicted molar refractivity (Wildman–Crippen MR) is 142 cm³/mol. The second-order valence-corrected chi connectivity index (χ2v) is 11.8. The highest BCUT2D eigenvalue weighted by Crippen LogP contribution is 2.56. The van der Waals surface area contributed by atoms with Crippen LogP contribution in [0.2, 0.25) is 0 Å². The SMILES string of the molecule is COc1cccc(NC(=O)[C@H]2[C@H]3C=C[C@@]4(O3)[C@H]2C(=O)N([C@@H]2CCCC[C@@H]2C)[C@@H]4C(=O)NC2CCCCC2)c1. The van der Waals surface area contributed by atoms with Gasteiger partial charge in [0.2, 0.25) is 17.7 Å². The van der Waals surface area contributed by atoms with Gasteiger partial charge < -0.3 is 25.0 Å². The van der Waals surface area contributed by atoms with Crippen LogP contribution in [0, 0.1) is 17.8 Å². The van der Waals surface area contributed by atoms with E-state index in [-0.39, 0.29) is 35.7 Å². The molecule has 1 aromatic rings. The minimum atomic E-state index is -1.12. The topological polar surface area (TPSA) is 97.0 Å². The quantitative estimate of drug-likeness (QED) is 0.555. The summed E-state index contributed by atoms with van der Waals surface area (Å²) < 4.78 is 11.8. The Kier molecular flexibility index (Phi) is 6.70. The Bertz CT molecular complexity index is 1130. The van der Waals surface area contributed by atoms with E-state index < -0.39 is 29.6 Å². The van der Waals surface area contributed by atoms with Crippen LogP contribution in [-0.4, -0.2) is 59.6 Å². The summed E-state index contributed by atoms with van der Waals surface area (Å²) in [5.41, 5.74) is -0.515. The van der Waals surface area contributed by atoms with Gasteiger partial charge in [0.05, 0.1) is 25.0 Å². The van der Waals surface area contributed by atoms with Crippen LogP contribution in [0.4, 0.5) is 5.69 Å². The standard InChI is InChI=1S/C30H39N3O5/c1-18-9-6-7-14-22(18)33-26(28(35)31-19-10-4-3-5-11-19)30-16-15-23(38-30)24(25(30)29(33)36)27(34)32-20-12-8-13-21(17-20)37-2/h8,12-13,15-19,22-26H,3-7,9-11,14H2,1-2H3,(H,31,35)(H,32,34)/t18-,22+,23+,24-,25+,26+,30+/m0/s1. The lowest BCUT2D eigenvalue weighted by Crippen LogP contribution is -2.59. The first kappa shape index (κ1) is 25.4. The Morgan fingerprint density at radius 1 is 1.05 bits per heavy atom. The van der Waals surface area contributed by atoms with E-state index in [1.807, 2.05) is 29.2 Å². The highest BCUT2D eigenvalue weighted by Gasteiger charge is 2.73. The molecule has 2 N–H and O–H groups in total. The first-order valence-electron chi connectivity index (χ1n) is 14.4. The lowest BCUT2D eigenvalue weighted by Gasteiger charge is -2.42. The fourth-order valence-electron chi connectivity index (χ4n) is 7.73. The molecule has 1 aromatic carbocycles. The lowest BCUT2D eigenvalue weighted by molar-refractivity contribution is -0.146. The zero-order chi connectivity index (χ0) is 26.4. The summed E-state index contributed by atoms with van der Waals surface area (Å²) in [5, 5.41) is 6.27. The Morgan fingerprint density at radius 2 is 1.82 bits per heavy atom. The van der Waals surface area contributed by atoms with E-state index in [1.165, 1.54) is 6.42 Å². The van der Waals surface area contributed by atoms with Crippen LogP contribution in [0.5, 0.6) is 5.75 Å². The normalized spacial score (nSPS) is 36.3. The van der Waals surface area contributed by atoms with Crippen LogP contribution in [0.25, 0.3) is 0 Å². The summed E-state index contributed by atoms with van der Waals surface area (Å²) in [4.78, 5) is 43.9. The van der Waals surface area contributed by atoms with Crippen LogP contribution in [0.15, 0.2) is 36.4 Å². The Hall–Kier alpha value is -2.87. The molecule has 8 heteroatoms. The van der Waals surface area contributed by atoms with Crippen LogP contribution in [0.1, 0.15) is 64.7 Å². The molecular formula is C30H39N3O5. The van der Waals surface area contributed by atoms with Crippen molar-refractivity contribution in [3.05, 3.63) is 36.4 Å². The molecule has 1 spiro atoms. The predicted octanol–water partition coefficient (Wildman–Crippen LogP) is 3.81. The van der Waals surface area contributed by atoms with Crippen LogP contribution in [0.3, 0.4) is 0 Å². The molecule has 0 unspecified atom stereocenters. The van der Waals surface area contributed by atoms with E-state index in [0.717, 1.165) is 51.4 Å². The Balaban J connectivity index is 1.32. The van der Waals surface area contributed by atoms with Gasteiger partial charge in [0, 0.05) is 23.8 Å². The number of fused-ring (bicyclic) bond motifs is 1. The first-order chi connectivity index (χ1) is 18.4. The summed E-state index contributed by atoms with van der Waals surface area (Å²) in [7, 11) is 1.58. The minimum Gasteiger partial charge on any atom is -0.497 e. The van der Waals surface area contributed by atoms with E-state index in [9.17, 15) is 14.4 Å². The average Bonchev–Trinajstić information content (AvgIpc) is 3.57. The van der Waals surface area contributed by atoms with Gasteiger partial charge in [0.25, 0.3) is 0 Å². The van der Waals surface area contributed by atoms with Gasteiger partial charge in [-0.05, 0) is 43.7 Å². The van der Waals surface area contributed by atoms with Gasteiger partial charge in [-0.2, -0.15) is 0 Å². The molecule has 2 aliphatic carbocycles. The number of hydrogen-bond donors (Lipinski definition) is 2. The van der Waals surface area contributed by atoms with E-state index in [0.29, 0.717) is 11.4 Å². The molecule has 4 fully saturated rings. The molecule has 2 saturated carbocycles. The van der Waals surface area contributed by atoms with Gasteiger partial charge in [0.15, 0.2) is 0 Å². The van der Waals surface area contributed by atoms with Crippen molar-refractivity contribution in [2.45, 2.75) is 94.5 Å². The first-order valence-corrected chi connectivity index (χ1v) is 14.4. The summed E-state index contributed by atoms with van der Waals surface area (Å²) in [6.45, 7) is 2.18. The number of nitrogens with one attached hydrogen (secondary N) is 2. The molecule has 6 rings (SSSR count). The molecule has 204 valence electrons. The van der Waals surface area contributed by atoms with Crippen molar-refractivity contribution in [2.75, 3.05) is 12.4 Å². The molecule has 7 atom stereocenters. The van der Waals surface area contributed by atoms with Gasteiger partial charge in [-0.3, -0.25) is 14.4 Å². The molecule has 0 radical (unpaired) electrons. The molecule has 5 aliphatic rings. The number of methoxy groups -OCH3 is 1. The van der Waals surface area contributed by atoms with Gasteiger partial charge in [0.1, 0.15) is 17.4 Å². The molecule has 3 amide bonds. The van der Waals surface area contributed by atoms with Crippen molar-refractivity contribution in [3.8, 4) is 5.75 Å². The highest BCUT2D eigenvalue weighted by molar-refractivity contribution is 6.03. The second-order valence-electron chi connectivity index (χ2n) is 11.8. The summed E-state index contributed by atoms with van der Waals surface area (Å²) >= 11 is 0. The fourth-order valence-corrected chi connectivity index (χ4v) is 7.73. The monoisotopic (exact) mass is 521 g/mol. The number of carbonyl (C=O) groups is 3. The molecule has 38 heavy (non-hydrogen) atoms. The average molecular weight is 522 g/mol. The van der Waals surface area contributed by atoms with Crippen molar-refractivity contribution in [1.82, 2.24) is 10.2 Å². The van der Waals surface area contributed by atoms with Gasteiger partial charge in [-0.25, -0.2) is 0 Å². The van der Waals surface area contributed by atoms with Crippen molar-refractivity contribution in [2.24, 2.45) is 17.8 Å².